The molecule has 16 heavy (non-hydrogen) atoms. The van der Waals surface area contributed by atoms with Gasteiger partial charge in [0.15, 0.2) is 11.6 Å². The number of ketones is 2. The first-order valence-corrected chi connectivity index (χ1v) is 5.14. The molecule has 1 N–H and O–H groups in total. The lowest BCUT2D eigenvalue weighted by molar-refractivity contribution is 0.0978. The van der Waals surface area contributed by atoms with Gasteiger partial charge in [-0.3, -0.25) is 9.59 Å². The molecule has 3 heteroatoms. The third-order valence-electron chi connectivity index (χ3n) is 2.66. The minimum absolute atomic E-state index is 0.119. The highest BCUT2D eigenvalue weighted by Gasteiger charge is 2.24. The molecule has 0 aliphatic heterocycles. The maximum absolute atomic E-state index is 12.0. The summed E-state index contributed by atoms with van der Waals surface area (Å²) in [6.45, 7) is 1.76. The maximum Gasteiger partial charge on any atom is 0.189 e. The van der Waals surface area contributed by atoms with E-state index in [1.54, 1.807) is 12.1 Å². The third-order valence-corrected chi connectivity index (χ3v) is 2.66. The standard InChI is InChI=1S/C13H12O3/c1-8-2-3-10-11(6-8)13(16)9(4-5-14)7-12(10)15/h2-3,6-7,14H,4-5H2,1H3. The number of rotatable bonds is 2. The van der Waals surface area contributed by atoms with E-state index in [2.05, 4.69) is 0 Å². The summed E-state index contributed by atoms with van der Waals surface area (Å²) in [6.07, 6.45) is 1.56. The van der Waals surface area contributed by atoms with Crippen molar-refractivity contribution in [3.63, 3.8) is 0 Å². The largest absolute Gasteiger partial charge is 0.396 e. The first-order valence-electron chi connectivity index (χ1n) is 5.14. The molecule has 1 aliphatic carbocycles. The van der Waals surface area contributed by atoms with Crippen LogP contribution in [0.5, 0.6) is 0 Å². The summed E-state index contributed by atoms with van der Waals surface area (Å²) >= 11 is 0. The second-order valence-corrected chi connectivity index (χ2v) is 3.89. The highest BCUT2D eigenvalue weighted by molar-refractivity contribution is 6.24. The van der Waals surface area contributed by atoms with Gasteiger partial charge in [-0.1, -0.05) is 17.7 Å². The van der Waals surface area contributed by atoms with E-state index in [1.165, 1.54) is 6.08 Å². The smallest absolute Gasteiger partial charge is 0.189 e. The Bertz CT molecular complexity index is 498. The number of aliphatic hydroxyl groups is 1. The van der Waals surface area contributed by atoms with Crippen molar-refractivity contribution in [3.8, 4) is 0 Å². The molecule has 3 nitrogen and oxygen atoms in total. The van der Waals surface area contributed by atoms with Crippen LogP contribution in [0, 0.1) is 6.92 Å². The second kappa shape index (κ2) is 4.02. The van der Waals surface area contributed by atoms with Crippen LogP contribution in [0.3, 0.4) is 0 Å². The van der Waals surface area contributed by atoms with E-state index < -0.39 is 0 Å². The Morgan fingerprint density at radius 2 is 1.94 bits per heavy atom. The molecule has 0 atom stereocenters. The fourth-order valence-electron chi connectivity index (χ4n) is 1.84. The zero-order valence-corrected chi connectivity index (χ0v) is 8.99. The molecule has 82 valence electrons. The molecule has 0 heterocycles. The fraction of sp³-hybridized carbons (Fsp3) is 0.231. The molecule has 2 rings (SSSR count). The molecule has 0 aromatic heterocycles. The minimum Gasteiger partial charge on any atom is -0.396 e. The predicted octanol–water partition coefficient (Wildman–Crippen LogP) is 1.68. The lowest BCUT2D eigenvalue weighted by Gasteiger charge is -2.14. The van der Waals surface area contributed by atoms with Crippen LogP contribution < -0.4 is 0 Å². The number of carbonyl (C=O) groups is 2. The molecule has 1 aliphatic rings. The first kappa shape index (κ1) is 10.8. The molecule has 0 fully saturated rings. The number of fused-ring (bicyclic) bond motifs is 1. The van der Waals surface area contributed by atoms with Crippen molar-refractivity contribution in [3.05, 3.63) is 46.5 Å². The van der Waals surface area contributed by atoms with Crippen LogP contribution in [0.2, 0.25) is 0 Å². The number of carbonyl (C=O) groups excluding carboxylic acids is 2. The van der Waals surface area contributed by atoms with Gasteiger partial charge in [0.05, 0.1) is 0 Å². The Hall–Kier alpha value is -1.74. The number of aliphatic hydroxyl groups excluding tert-OH is 1. The summed E-state index contributed by atoms with van der Waals surface area (Å²) in [5, 5.41) is 8.82. The van der Waals surface area contributed by atoms with Gasteiger partial charge in [0.1, 0.15) is 0 Å². The summed E-state index contributed by atoms with van der Waals surface area (Å²) in [5.41, 5.74) is 2.25. The van der Waals surface area contributed by atoms with Crippen molar-refractivity contribution < 1.29 is 14.7 Å². The van der Waals surface area contributed by atoms with Crippen LogP contribution in [0.4, 0.5) is 0 Å². The SMILES string of the molecule is Cc1ccc2c(c1)C(=O)C(CCO)=CC2=O. The number of Topliss-reactive ketones (excluding diaryl/α,β-unsaturated/α-hetero) is 1. The van der Waals surface area contributed by atoms with Crippen molar-refractivity contribution in [1.82, 2.24) is 0 Å². The van der Waals surface area contributed by atoms with Gasteiger partial charge in [-0.2, -0.15) is 0 Å². The van der Waals surface area contributed by atoms with Crippen LogP contribution in [-0.4, -0.2) is 23.3 Å². The van der Waals surface area contributed by atoms with Gasteiger partial charge in [0.25, 0.3) is 0 Å². The molecule has 0 spiro atoms. The summed E-state index contributed by atoms with van der Waals surface area (Å²) < 4.78 is 0. The van der Waals surface area contributed by atoms with E-state index in [0.717, 1.165) is 5.56 Å². The lowest BCUT2D eigenvalue weighted by atomic mass is 9.87. The highest BCUT2D eigenvalue weighted by Crippen LogP contribution is 2.23. The van der Waals surface area contributed by atoms with Crippen molar-refractivity contribution in [2.24, 2.45) is 0 Å². The average molecular weight is 216 g/mol. The Morgan fingerprint density at radius 1 is 1.19 bits per heavy atom. The monoisotopic (exact) mass is 216 g/mol. The molecular formula is C13H12O3. The molecule has 0 unspecified atom stereocenters. The van der Waals surface area contributed by atoms with Gasteiger partial charge in [-0.25, -0.2) is 0 Å². The highest BCUT2D eigenvalue weighted by atomic mass is 16.3. The van der Waals surface area contributed by atoms with Gasteiger partial charge in [0, 0.05) is 23.3 Å². The van der Waals surface area contributed by atoms with Gasteiger partial charge in [-0.05, 0) is 25.5 Å². The first-order chi connectivity index (χ1) is 7.63. The second-order valence-electron chi connectivity index (χ2n) is 3.89. The van der Waals surface area contributed by atoms with E-state index in [0.29, 0.717) is 16.7 Å². The third kappa shape index (κ3) is 1.70. The van der Waals surface area contributed by atoms with E-state index in [4.69, 9.17) is 5.11 Å². The van der Waals surface area contributed by atoms with E-state index in [1.807, 2.05) is 13.0 Å². The van der Waals surface area contributed by atoms with Crippen LogP contribution in [0.15, 0.2) is 29.8 Å². The number of hydrogen-bond acceptors (Lipinski definition) is 3. The van der Waals surface area contributed by atoms with Crippen LogP contribution in [0.25, 0.3) is 0 Å². The van der Waals surface area contributed by atoms with Gasteiger partial charge < -0.3 is 5.11 Å². The van der Waals surface area contributed by atoms with Gasteiger partial charge in [-0.15, -0.1) is 0 Å². The zero-order chi connectivity index (χ0) is 11.7. The lowest BCUT2D eigenvalue weighted by Crippen LogP contribution is -2.17. The van der Waals surface area contributed by atoms with Crippen molar-refractivity contribution in [2.75, 3.05) is 6.61 Å². The Labute approximate surface area is 93.4 Å². The van der Waals surface area contributed by atoms with Gasteiger partial charge in [0.2, 0.25) is 0 Å². The van der Waals surface area contributed by atoms with Crippen LogP contribution >= 0.6 is 0 Å². The Morgan fingerprint density at radius 3 is 2.62 bits per heavy atom. The molecule has 0 bridgehead atoms. The minimum atomic E-state index is -0.155. The molecular weight excluding hydrogens is 204 g/mol. The normalized spacial score (nSPS) is 14.8. The number of hydrogen-bond donors (Lipinski definition) is 1. The quantitative estimate of drug-likeness (QED) is 0.818. The van der Waals surface area contributed by atoms with Crippen molar-refractivity contribution >= 4 is 11.6 Å². The summed E-state index contributed by atoms with van der Waals surface area (Å²) in [7, 11) is 0. The topological polar surface area (TPSA) is 54.4 Å². The molecule has 0 amide bonds. The van der Waals surface area contributed by atoms with Crippen molar-refractivity contribution in [1.29, 1.82) is 0 Å². The van der Waals surface area contributed by atoms with E-state index in [9.17, 15) is 9.59 Å². The predicted molar refractivity (Wildman–Crippen MR) is 59.6 cm³/mol. The van der Waals surface area contributed by atoms with E-state index >= 15 is 0 Å². The summed E-state index contributed by atoms with van der Waals surface area (Å²) in [5.74, 6) is -0.301. The average Bonchev–Trinajstić information content (AvgIpc) is 2.25. The summed E-state index contributed by atoms with van der Waals surface area (Å²) in [6, 6.07) is 5.21. The van der Waals surface area contributed by atoms with Crippen LogP contribution in [0.1, 0.15) is 32.7 Å². The van der Waals surface area contributed by atoms with Gasteiger partial charge >= 0.3 is 0 Å². The molecule has 1 aromatic carbocycles. The molecule has 1 aromatic rings. The summed E-state index contributed by atoms with van der Waals surface area (Å²) in [4.78, 5) is 23.7. The Kier molecular flexibility index (Phi) is 2.71. The molecule has 0 radical (unpaired) electrons. The van der Waals surface area contributed by atoms with E-state index in [-0.39, 0.29) is 24.6 Å². The number of aryl methyl sites for hydroxylation is 1. The fourth-order valence-corrected chi connectivity index (χ4v) is 1.84. The number of allylic oxidation sites excluding steroid dienone is 1. The number of benzene rings is 1. The Balaban J connectivity index is 2.52. The van der Waals surface area contributed by atoms with Crippen molar-refractivity contribution in [2.45, 2.75) is 13.3 Å². The maximum atomic E-state index is 12.0. The molecule has 0 saturated carbocycles. The van der Waals surface area contributed by atoms with Crippen LogP contribution in [-0.2, 0) is 0 Å². The molecule has 0 saturated heterocycles. The zero-order valence-electron chi connectivity index (χ0n) is 8.99.